The van der Waals surface area contributed by atoms with E-state index in [2.05, 4.69) is 5.10 Å². The first-order chi connectivity index (χ1) is 12.7. The maximum Gasteiger partial charge on any atom is 0.431 e. The summed E-state index contributed by atoms with van der Waals surface area (Å²) >= 11 is 5.79. The van der Waals surface area contributed by atoms with E-state index in [1.54, 1.807) is 30.3 Å². The minimum atomic E-state index is -4.78. The minimum Gasteiger partial charge on any atom is -0.484 e. The number of hydrazone groups is 1. The van der Waals surface area contributed by atoms with Crippen molar-refractivity contribution < 1.29 is 27.8 Å². The number of carbonyl (C=O) groups excluding carboxylic acids is 1. The summed E-state index contributed by atoms with van der Waals surface area (Å²) in [6.07, 6.45) is -5.68. The Kier molecular flexibility index (Phi) is 5.12. The predicted molar refractivity (Wildman–Crippen MR) is 92.2 cm³/mol. The first-order valence-corrected chi connectivity index (χ1v) is 8.22. The molecule has 1 atom stereocenters. The van der Waals surface area contributed by atoms with E-state index in [0.29, 0.717) is 15.8 Å². The Balaban J connectivity index is 1.88. The monoisotopic (exact) mass is 398 g/mol. The van der Waals surface area contributed by atoms with E-state index >= 15 is 0 Å². The van der Waals surface area contributed by atoms with Crippen molar-refractivity contribution in [1.82, 2.24) is 5.01 Å². The number of halogens is 4. The van der Waals surface area contributed by atoms with Crippen LogP contribution < -0.4 is 4.74 Å². The topological polar surface area (TPSA) is 62.1 Å². The summed E-state index contributed by atoms with van der Waals surface area (Å²) in [4.78, 5) is 12.5. The number of benzene rings is 2. The number of hydrogen-bond donors (Lipinski definition) is 1. The third-order valence-electron chi connectivity index (χ3n) is 3.96. The third kappa shape index (κ3) is 4.06. The lowest BCUT2D eigenvalue weighted by Crippen LogP contribution is -2.45. The van der Waals surface area contributed by atoms with E-state index in [0.717, 1.165) is 0 Å². The van der Waals surface area contributed by atoms with Crippen LogP contribution in [0.5, 0.6) is 5.75 Å². The number of alkyl halides is 3. The first kappa shape index (κ1) is 19.2. The van der Waals surface area contributed by atoms with Gasteiger partial charge in [-0.25, -0.2) is 0 Å². The van der Waals surface area contributed by atoms with Crippen molar-refractivity contribution in [1.29, 1.82) is 0 Å². The van der Waals surface area contributed by atoms with Crippen LogP contribution in [-0.2, 0) is 10.5 Å². The Morgan fingerprint density at radius 2 is 1.81 bits per heavy atom. The number of carbonyl (C=O) groups is 1. The van der Waals surface area contributed by atoms with E-state index < -0.39 is 36.5 Å². The van der Waals surface area contributed by atoms with Gasteiger partial charge in [0, 0.05) is 10.6 Å². The molecule has 2 aromatic rings. The molecule has 27 heavy (non-hydrogen) atoms. The SMILES string of the molecule is O=C(COc1ccccc1)N1N=C(C(F)(F)F)C[C@]1(O)c1ccc(Cl)cc1. The standard InChI is InChI=1S/C18H14ClF3N2O3/c19-13-8-6-12(7-9-13)17(26)10-15(18(20,21)22)23-24(17)16(25)11-27-14-4-2-1-3-5-14/h1-9,26H,10-11H2/t17-/m0/s1. The largest absolute Gasteiger partial charge is 0.484 e. The van der Waals surface area contributed by atoms with Crippen LogP contribution in [0.1, 0.15) is 12.0 Å². The van der Waals surface area contributed by atoms with E-state index in [-0.39, 0.29) is 5.56 Å². The Labute approximate surface area is 157 Å². The molecular weight excluding hydrogens is 385 g/mol. The molecule has 0 aliphatic carbocycles. The van der Waals surface area contributed by atoms with Gasteiger partial charge in [-0.15, -0.1) is 0 Å². The zero-order valence-electron chi connectivity index (χ0n) is 13.8. The van der Waals surface area contributed by atoms with E-state index in [9.17, 15) is 23.1 Å². The van der Waals surface area contributed by atoms with Gasteiger partial charge in [0.2, 0.25) is 0 Å². The van der Waals surface area contributed by atoms with Crippen LogP contribution in [0.3, 0.4) is 0 Å². The van der Waals surface area contributed by atoms with Gasteiger partial charge in [0.15, 0.2) is 12.3 Å². The molecule has 0 radical (unpaired) electrons. The van der Waals surface area contributed by atoms with Gasteiger partial charge < -0.3 is 9.84 Å². The summed E-state index contributed by atoms with van der Waals surface area (Å²) in [5.74, 6) is -0.560. The quantitative estimate of drug-likeness (QED) is 0.854. The molecule has 0 saturated heterocycles. The molecule has 1 aliphatic rings. The average molecular weight is 399 g/mol. The summed E-state index contributed by atoms with van der Waals surface area (Å²) in [6.45, 7) is -0.589. The number of nitrogens with zero attached hydrogens (tertiary/aromatic N) is 2. The Hall–Kier alpha value is -2.58. The highest BCUT2D eigenvalue weighted by atomic mass is 35.5. The fraction of sp³-hybridized carbons (Fsp3) is 0.222. The second-order valence-electron chi connectivity index (χ2n) is 5.85. The van der Waals surface area contributed by atoms with Crippen molar-refractivity contribution in [3.05, 3.63) is 65.2 Å². The number of rotatable bonds is 4. The molecule has 0 aromatic heterocycles. The second kappa shape index (κ2) is 7.21. The van der Waals surface area contributed by atoms with Crippen molar-refractivity contribution >= 4 is 23.2 Å². The zero-order chi connectivity index (χ0) is 19.7. The Bertz CT molecular complexity index is 856. The zero-order valence-corrected chi connectivity index (χ0v) is 14.5. The molecule has 3 rings (SSSR count). The van der Waals surface area contributed by atoms with Crippen LogP contribution >= 0.6 is 11.6 Å². The first-order valence-electron chi connectivity index (χ1n) is 7.84. The van der Waals surface area contributed by atoms with Crippen LogP contribution in [0.2, 0.25) is 5.02 Å². The number of amides is 1. The molecule has 0 saturated carbocycles. The lowest BCUT2D eigenvalue weighted by molar-refractivity contribution is -0.160. The van der Waals surface area contributed by atoms with Crippen molar-refractivity contribution in [3.63, 3.8) is 0 Å². The molecule has 1 aliphatic heterocycles. The van der Waals surface area contributed by atoms with E-state index in [1.165, 1.54) is 24.3 Å². The molecule has 0 spiro atoms. The molecule has 9 heteroatoms. The van der Waals surface area contributed by atoms with Gasteiger partial charge in [0.25, 0.3) is 5.91 Å². The highest BCUT2D eigenvalue weighted by Crippen LogP contribution is 2.39. The Morgan fingerprint density at radius 3 is 2.41 bits per heavy atom. The van der Waals surface area contributed by atoms with Gasteiger partial charge in [-0.3, -0.25) is 4.79 Å². The van der Waals surface area contributed by atoms with Gasteiger partial charge in [0.1, 0.15) is 11.5 Å². The summed E-state index contributed by atoms with van der Waals surface area (Å²) in [6, 6.07) is 13.8. The van der Waals surface area contributed by atoms with E-state index in [1.807, 2.05) is 0 Å². The van der Waals surface area contributed by atoms with Crippen LogP contribution in [0, 0.1) is 0 Å². The summed E-state index contributed by atoms with van der Waals surface area (Å²) < 4.78 is 44.7. The highest BCUT2D eigenvalue weighted by molar-refractivity contribution is 6.30. The lowest BCUT2D eigenvalue weighted by Gasteiger charge is -2.31. The van der Waals surface area contributed by atoms with Crippen molar-refractivity contribution in [3.8, 4) is 5.75 Å². The maximum absolute atomic E-state index is 13.1. The van der Waals surface area contributed by atoms with Gasteiger partial charge in [-0.2, -0.15) is 23.3 Å². The molecule has 2 aromatic carbocycles. The van der Waals surface area contributed by atoms with Crippen molar-refractivity contribution in [2.24, 2.45) is 5.10 Å². The lowest BCUT2D eigenvalue weighted by atomic mass is 9.97. The second-order valence-corrected chi connectivity index (χ2v) is 6.29. The molecule has 0 unspecified atom stereocenters. The number of ether oxygens (including phenoxy) is 1. The minimum absolute atomic E-state index is 0.0583. The average Bonchev–Trinajstić information content (AvgIpc) is 3.00. The predicted octanol–water partition coefficient (Wildman–Crippen LogP) is 3.71. The van der Waals surface area contributed by atoms with Crippen molar-refractivity contribution in [2.75, 3.05) is 6.61 Å². The number of hydrogen-bond acceptors (Lipinski definition) is 4. The smallest absolute Gasteiger partial charge is 0.431 e. The van der Waals surface area contributed by atoms with Gasteiger partial charge in [0.05, 0.1) is 6.42 Å². The molecule has 1 N–H and O–H groups in total. The summed E-state index contributed by atoms with van der Waals surface area (Å²) in [5.41, 5.74) is -3.48. The van der Waals surface area contributed by atoms with Crippen LogP contribution in [0.15, 0.2) is 59.7 Å². The molecule has 1 heterocycles. The van der Waals surface area contributed by atoms with Crippen LogP contribution in [0.25, 0.3) is 0 Å². The Morgan fingerprint density at radius 1 is 1.19 bits per heavy atom. The fourth-order valence-corrected chi connectivity index (χ4v) is 2.76. The van der Waals surface area contributed by atoms with Crippen LogP contribution in [-0.4, -0.2) is 34.5 Å². The molecule has 0 fully saturated rings. The van der Waals surface area contributed by atoms with Gasteiger partial charge in [-0.05, 0) is 24.3 Å². The van der Waals surface area contributed by atoms with Crippen LogP contribution in [0.4, 0.5) is 13.2 Å². The van der Waals surface area contributed by atoms with Gasteiger partial charge in [-0.1, -0.05) is 41.9 Å². The molecule has 0 bridgehead atoms. The normalized spacial score (nSPS) is 19.7. The van der Waals surface area contributed by atoms with Gasteiger partial charge >= 0.3 is 6.18 Å². The van der Waals surface area contributed by atoms with Crippen molar-refractivity contribution in [2.45, 2.75) is 18.3 Å². The number of para-hydroxylation sites is 1. The molecule has 142 valence electrons. The summed E-state index contributed by atoms with van der Waals surface area (Å²) in [5, 5.41) is 15.0. The molecular formula is C18H14ClF3N2O3. The molecule has 1 amide bonds. The number of aliphatic hydroxyl groups is 1. The maximum atomic E-state index is 13.1. The molecule has 5 nitrogen and oxygen atoms in total. The fourth-order valence-electron chi connectivity index (χ4n) is 2.63. The third-order valence-corrected chi connectivity index (χ3v) is 4.21. The van der Waals surface area contributed by atoms with E-state index in [4.69, 9.17) is 16.3 Å². The highest BCUT2D eigenvalue weighted by Gasteiger charge is 2.53. The summed E-state index contributed by atoms with van der Waals surface area (Å²) in [7, 11) is 0.